The van der Waals surface area contributed by atoms with Crippen molar-refractivity contribution in [3.05, 3.63) is 108 Å². The zero-order valence-electron chi connectivity index (χ0n) is 27.4. The van der Waals surface area contributed by atoms with Crippen LogP contribution in [0.15, 0.2) is 91.0 Å². The van der Waals surface area contributed by atoms with E-state index in [9.17, 15) is 0 Å². The number of rotatable bonds is 27. The molecule has 3 aromatic carbocycles. The highest BCUT2D eigenvalue weighted by Crippen LogP contribution is 2.40. The zero-order chi connectivity index (χ0) is 30.8. The Kier molecular flexibility index (Phi) is 19.5. The SMILES string of the molecule is CCCCCCCCCCCCCCCOCCOCCOCCOC(c1ccccc1)(c1ccccc1)c1ccccc1. The van der Waals surface area contributed by atoms with Crippen LogP contribution in [0.3, 0.4) is 0 Å². The van der Waals surface area contributed by atoms with Crippen LogP contribution in [0.5, 0.6) is 0 Å². The molecule has 0 aliphatic rings. The van der Waals surface area contributed by atoms with Gasteiger partial charge >= 0.3 is 0 Å². The van der Waals surface area contributed by atoms with E-state index >= 15 is 0 Å². The minimum atomic E-state index is -0.714. The van der Waals surface area contributed by atoms with Gasteiger partial charge in [0.1, 0.15) is 5.60 Å². The Morgan fingerprint density at radius 2 is 0.682 bits per heavy atom. The lowest BCUT2D eigenvalue weighted by Crippen LogP contribution is -2.34. The van der Waals surface area contributed by atoms with Crippen LogP contribution in [-0.2, 0) is 24.5 Å². The van der Waals surface area contributed by atoms with E-state index < -0.39 is 5.60 Å². The summed E-state index contributed by atoms with van der Waals surface area (Å²) in [7, 11) is 0. The van der Waals surface area contributed by atoms with E-state index in [2.05, 4.69) is 79.7 Å². The van der Waals surface area contributed by atoms with Crippen LogP contribution >= 0.6 is 0 Å². The zero-order valence-corrected chi connectivity index (χ0v) is 27.4. The predicted octanol–water partition coefficient (Wildman–Crippen LogP) is 10.1. The summed E-state index contributed by atoms with van der Waals surface area (Å²) < 4.78 is 24.1. The van der Waals surface area contributed by atoms with Crippen LogP contribution in [0.4, 0.5) is 0 Å². The summed E-state index contributed by atoms with van der Waals surface area (Å²) in [6.45, 7) is 6.43. The van der Waals surface area contributed by atoms with Gasteiger partial charge in [-0.05, 0) is 23.1 Å². The van der Waals surface area contributed by atoms with Crippen molar-refractivity contribution in [3.8, 4) is 0 Å². The lowest BCUT2D eigenvalue weighted by Gasteiger charge is -2.36. The molecule has 0 aliphatic carbocycles. The maximum Gasteiger partial charge on any atom is 0.143 e. The van der Waals surface area contributed by atoms with Crippen molar-refractivity contribution in [2.45, 2.75) is 96.0 Å². The second-order valence-electron chi connectivity index (χ2n) is 11.7. The quantitative estimate of drug-likeness (QED) is 0.0643. The second kappa shape index (κ2) is 23.8. The van der Waals surface area contributed by atoms with Crippen LogP contribution in [0.1, 0.15) is 107 Å². The first-order valence-electron chi connectivity index (χ1n) is 17.4. The minimum Gasteiger partial charge on any atom is -0.379 e. The van der Waals surface area contributed by atoms with Gasteiger partial charge in [-0.25, -0.2) is 0 Å². The van der Waals surface area contributed by atoms with E-state index in [1.54, 1.807) is 0 Å². The average molecular weight is 603 g/mol. The summed E-state index contributed by atoms with van der Waals surface area (Å²) in [6, 6.07) is 31.3. The molecule has 0 N–H and O–H groups in total. The Hall–Kier alpha value is -2.50. The maximum absolute atomic E-state index is 6.75. The Labute approximate surface area is 268 Å². The van der Waals surface area contributed by atoms with E-state index in [0.29, 0.717) is 39.6 Å². The minimum absolute atomic E-state index is 0.459. The van der Waals surface area contributed by atoms with Crippen molar-refractivity contribution in [1.29, 1.82) is 0 Å². The van der Waals surface area contributed by atoms with Crippen molar-refractivity contribution in [2.75, 3.05) is 46.2 Å². The average Bonchev–Trinajstić information content (AvgIpc) is 3.08. The van der Waals surface area contributed by atoms with E-state index in [4.69, 9.17) is 18.9 Å². The Bertz CT molecular complexity index is 944. The monoisotopic (exact) mass is 602 g/mol. The highest BCUT2D eigenvalue weighted by molar-refractivity contribution is 5.47. The van der Waals surface area contributed by atoms with Gasteiger partial charge in [-0.1, -0.05) is 175 Å². The fourth-order valence-electron chi connectivity index (χ4n) is 5.79. The number of benzene rings is 3. The van der Waals surface area contributed by atoms with E-state index in [-0.39, 0.29) is 0 Å². The highest BCUT2D eigenvalue weighted by atomic mass is 16.6. The predicted molar refractivity (Wildman–Crippen MR) is 183 cm³/mol. The smallest absolute Gasteiger partial charge is 0.143 e. The lowest BCUT2D eigenvalue weighted by molar-refractivity contribution is -0.0369. The second-order valence-corrected chi connectivity index (χ2v) is 11.7. The standard InChI is InChI=1S/C40H58O4/c1-2-3-4-5-6-7-8-9-10-11-12-13-23-30-41-31-32-42-33-34-43-35-36-44-40(37-24-17-14-18-25-37,38-26-19-15-20-27-38)39-28-21-16-22-29-39/h14-22,24-29H,2-13,23,30-36H2,1H3. The summed E-state index contributed by atoms with van der Waals surface area (Å²) in [6.07, 6.45) is 17.8. The first kappa shape index (κ1) is 36.0. The van der Waals surface area contributed by atoms with E-state index in [1.807, 2.05) is 18.2 Å². The Balaban J connectivity index is 1.21. The van der Waals surface area contributed by atoms with Gasteiger partial charge in [0.05, 0.1) is 39.6 Å². The first-order chi connectivity index (χ1) is 21.9. The van der Waals surface area contributed by atoms with Crippen LogP contribution in [0.2, 0.25) is 0 Å². The van der Waals surface area contributed by atoms with Crippen LogP contribution in [0, 0.1) is 0 Å². The molecule has 0 fully saturated rings. The summed E-state index contributed by atoms with van der Waals surface area (Å²) >= 11 is 0. The summed E-state index contributed by atoms with van der Waals surface area (Å²) in [5, 5.41) is 0. The third-order valence-corrected chi connectivity index (χ3v) is 8.22. The number of unbranched alkanes of at least 4 members (excludes halogenated alkanes) is 12. The molecule has 0 aliphatic heterocycles. The molecule has 44 heavy (non-hydrogen) atoms. The van der Waals surface area contributed by atoms with Crippen molar-refractivity contribution in [3.63, 3.8) is 0 Å². The third kappa shape index (κ3) is 13.6. The molecule has 3 aromatic rings. The van der Waals surface area contributed by atoms with E-state index in [0.717, 1.165) is 29.7 Å². The van der Waals surface area contributed by atoms with Crippen molar-refractivity contribution < 1.29 is 18.9 Å². The van der Waals surface area contributed by atoms with Crippen molar-refractivity contribution >= 4 is 0 Å². The van der Waals surface area contributed by atoms with Gasteiger partial charge in [-0.2, -0.15) is 0 Å². The van der Waals surface area contributed by atoms with Crippen molar-refractivity contribution in [2.24, 2.45) is 0 Å². The van der Waals surface area contributed by atoms with Crippen LogP contribution < -0.4 is 0 Å². The molecule has 3 rings (SSSR count). The number of hydrogen-bond donors (Lipinski definition) is 0. The first-order valence-corrected chi connectivity index (χ1v) is 17.4. The normalized spacial score (nSPS) is 11.7. The van der Waals surface area contributed by atoms with Crippen molar-refractivity contribution in [1.82, 2.24) is 0 Å². The number of ether oxygens (including phenoxy) is 4. The molecule has 0 spiro atoms. The molecule has 0 atom stereocenters. The molecule has 242 valence electrons. The molecule has 4 heteroatoms. The molecule has 0 radical (unpaired) electrons. The van der Waals surface area contributed by atoms with Gasteiger partial charge < -0.3 is 18.9 Å². The molecule has 4 nitrogen and oxygen atoms in total. The van der Waals surface area contributed by atoms with Crippen LogP contribution in [0.25, 0.3) is 0 Å². The molecule has 0 heterocycles. The molecular weight excluding hydrogens is 544 g/mol. The van der Waals surface area contributed by atoms with Gasteiger partial charge in [0.25, 0.3) is 0 Å². The van der Waals surface area contributed by atoms with Crippen LogP contribution in [-0.4, -0.2) is 46.2 Å². The van der Waals surface area contributed by atoms with Gasteiger partial charge in [0.15, 0.2) is 0 Å². The third-order valence-electron chi connectivity index (χ3n) is 8.22. The van der Waals surface area contributed by atoms with Gasteiger partial charge in [-0.3, -0.25) is 0 Å². The molecule has 0 aromatic heterocycles. The summed E-state index contributed by atoms with van der Waals surface area (Å²) in [5.41, 5.74) is 2.58. The molecular formula is C40H58O4. The summed E-state index contributed by atoms with van der Waals surface area (Å²) in [4.78, 5) is 0. The topological polar surface area (TPSA) is 36.9 Å². The van der Waals surface area contributed by atoms with Gasteiger partial charge in [-0.15, -0.1) is 0 Å². The van der Waals surface area contributed by atoms with Gasteiger partial charge in [0.2, 0.25) is 0 Å². The lowest BCUT2D eigenvalue weighted by atomic mass is 9.80. The Morgan fingerprint density at radius 3 is 1.07 bits per heavy atom. The highest BCUT2D eigenvalue weighted by Gasteiger charge is 2.37. The van der Waals surface area contributed by atoms with E-state index in [1.165, 1.54) is 77.0 Å². The molecule has 0 unspecified atom stereocenters. The molecule has 0 saturated heterocycles. The maximum atomic E-state index is 6.75. The summed E-state index contributed by atoms with van der Waals surface area (Å²) in [5.74, 6) is 0. The molecule has 0 saturated carbocycles. The number of hydrogen-bond acceptors (Lipinski definition) is 4. The molecule has 0 bridgehead atoms. The fraction of sp³-hybridized carbons (Fsp3) is 0.550. The molecule has 0 amide bonds. The Morgan fingerprint density at radius 1 is 0.364 bits per heavy atom. The fourth-order valence-corrected chi connectivity index (χ4v) is 5.79. The largest absolute Gasteiger partial charge is 0.379 e. The van der Waals surface area contributed by atoms with Gasteiger partial charge in [0, 0.05) is 6.61 Å².